The van der Waals surface area contributed by atoms with Crippen LogP contribution in [0.4, 0.5) is 0 Å². The molecular weight excluding hydrogens is 674 g/mol. The molecule has 248 valence electrons. The van der Waals surface area contributed by atoms with Crippen LogP contribution in [0.15, 0.2) is 194 Å². The maximum atomic E-state index is 16.1. The average molecular weight is 707 g/mol. The molecular formula is C46H32N2O2P2. The van der Waals surface area contributed by atoms with E-state index in [2.05, 4.69) is 18.2 Å². The maximum Gasteiger partial charge on any atom is 0.171 e. The number of aromatic nitrogens is 2. The lowest BCUT2D eigenvalue weighted by atomic mass is 9.96. The Hall–Kier alpha value is -5.92. The number of fused-ring (bicyclic) bond motifs is 4. The Labute approximate surface area is 302 Å². The van der Waals surface area contributed by atoms with E-state index in [0.717, 1.165) is 44.0 Å². The standard InChI is InChI=1S/C46H32N2O2P2/c49-51(34-17-5-1-6-18-34,35-19-7-2-8-20-35)38-29-33(30-39(31-38)52(50,36-21-9-3-10-22-36)37-23-11-4-12-24-37)42-32-45-46(41-26-14-13-25-40(41)42)48-44-28-16-15-27-43(44)47-45/h1-32H. The van der Waals surface area contributed by atoms with E-state index in [1.165, 1.54) is 0 Å². The summed E-state index contributed by atoms with van der Waals surface area (Å²) in [6, 6.07) is 62.8. The zero-order valence-electron chi connectivity index (χ0n) is 28.1. The van der Waals surface area contributed by atoms with Crippen molar-refractivity contribution < 1.29 is 9.13 Å². The molecule has 0 saturated heterocycles. The van der Waals surface area contributed by atoms with Gasteiger partial charge in [-0.25, -0.2) is 9.97 Å². The maximum absolute atomic E-state index is 16.1. The molecule has 0 N–H and O–H groups in total. The van der Waals surface area contributed by atoms with Gasteiger partial charge in [0.05, 0.1) is 22.1 Å². The second kappa shape index (κ2) is 13.0. The Morgan fingerprint density at radius 2 is 0.712 bits per heavy atom. The number of rotatable bonds is 7. The van der Waals surface area contributed by atoms with Crippen LogP contribution in [0, 0.1) is 0 Å². The first-order chi connectivity index (χ1) is 25.5. The van der Waals surface area contributed by atoms with E-state index >= 15 is 9.13 Å². The largest absolute Gasteiger partial charge is 0.309 e. The van der Waals surface area contributed by atoms with Gasteiger partial charge in [-0.1, -0.05) is 158 Å². The van der Waals surface area contributed by atoms with Gasteiger partial charge in [-0.2, -0.15) is 0 Å². The second-order valence-electron chi connectivity index (χ2n) is 12.8. The molecule has 9 rings (SSSR count). The van der Waals surface area contributed by atoms with E-state index < -0.39 is 14.3 Å². The summed E-state index contributed by atoms with van der Waals surface area (Å²) < 4.78 is 32.1. The minimum atomic E-state index is -3.49. The highest BCUT2D eigenvalue weighted by atomic mass is 31.2. The molecule has 0 bridgehead atoms. The third-order valence-corrected chi connectivity index (χ3v) is 15.8. The molecule has 0 saturated carbocycles. The Morgan fingerprint density at radius 1 is 0.327 bits per heavy atom. The van der Waals surface area contributed by atoms with Gasteiger partial charge in [0.25, 0.3) is 0 Å². The molecule has 4 nitrogen and oxygen atoms in total. The van der Waals surface area contributed by atoms with E-state index in [-0.39, 0.29) is 0 Å². The number of para-hydroxylation sites is 2. The van der Waals surface area contributed by atoms with E-state index in [9.17, 15) is 0 Å². The first-order valence-electron chi connectivity index (χ1n) is 17.2. The summed E-state index contributed by atoms with van der Waals surface area (Å²) in [5.41, 5.74) is 4.91. The van der Waals surface area contributed by atoms with Gasteiger partial charge in [0, 0.05) is 37.2 Å². The van der Waals surface area contributed by atoms with Crippen LogP contribution in [-0.4, -0.2) is 9.97 Å². The number of nitrogens with zero attached hydrogens (tertiary/aromatic N) is 2. The predicted molar refractivity (Wildman–Crippen MR) is 219 cm³/mol. The molecule has 1 aromatic heterocycles. The SMILES string of the molecule is O=P(c1ccccc1)(c1ccccc1)c1cc(-c2cc3nc4ccccc4nc3c3ccccc23)cc(P(=O)(c2ccccc2)c2ccccc2)c1. The highest BCUT2D eigenvalue weighted by Gasteiger charge is 2.35. The number of hydrogen-bond acceptors (Lipinski definition) is 4. The van der Waals surface area contributed by atoms with E-state index in [0.29, 0.717) is 31.8 Å². The topological polar surface area (TPSA) is 59.9 Å². The molecule has 0 amide bonds. The molecule has 0 radical (unpaired) electrons. The van der Waals surface area contributed by atoms with Crippen LogP contribution in [-0.2, 0) is 9.13 Å². The van der Waals surface area contributed by atoms with Crippen LogP contribution < -0.4 is 31.8 Å². The summed E-state index contributed by atoms with van der Waals surface area (Å²) in [6.07, 6.45) is 0. The van der Waals surface area contributed by atoms with Crippen molar-refractivity contribution in [3.05, 3.63) is 194 Å². The highest BCUT2D eigenvalue weighted by Crippen LogP contribution is 2.48. The minimum absolute atomic E-state index is 0.610. The monoisotopic (exact) mass is 706 g/mol. The van der Waals surface area contributed by atoms with Crippen LogP contribution in [0.1, 0.15) is 0 Å². The van der Waals surface area contributed by atoms with Crippen molar-refractivity contribution in [2.24, 2.45) is 0 Å². The lowest BCUT2D eigenvalue weighted by Gasteiger charge is -2.25. The van der Waals surface area contributed by atoms with Crippen LogP contribution in [0.25, 0.3) is 44.0 Å². The fourth-order valence-corrected chi connectivity index (χ4v) is 12.8. The molecule has 0 unspecified atom stereocenters. The Balaban J connectivity index is 1.42. The van der Waals surface area contributed by atoms with Gasteiger partial charge in [-0.05, 0) is 52.9 Å². The molecule has 8 aromatic carbocycles. The molecule has 52 heavy (non-hydrogen) atoms. The molecule has 0 fully saturated rings. The smallest absolute Gasteiger partial charge is 0.171 e. The summed E-state index contributed by atoms with van der Waals surface area (Å²) in [4.78, 5) is 10.1. The molecule has 6 heteroatoms. The average Bonchev–Trinajstić information content (AvgIpc) is 3.23. The van der Waals surface area contributed by atoms with Crippen LogP contribution >= 0.6 is 14.3 Å². The van der Waals surface area contributed by atoms with Crippen molar-refractivity contribution in [3.63, 3.8) is 0 Å². The lowest BCUT2D eigenvalue weighted by Crippen LogP contribution is -2.30. The molecule has 9 aromatic rings. The predicted octanol–water partition coefficient (Wildman–Crippen LogP) is 8.88. The summed E-state index contributed by atoms with van der Waals surface area (Å²) in [5.74, 6) is 0. The van der Waals surface area contributed by atoms with Crippen LogP contribution in [0.3, 0.4) is 0 Å². The summed E-state index contributed by atoms with van der Waals surface area (Å²) in [5, 5.41) is 5.99. The van der Waals surface area contributed by atoms with Gasteiger partial charge in [0.2, 0.25) is 0 Å². The first kappa shape index (κ1) is 32.0. The van der Waals surface area contributed by atoms with Crippen molar-refractivity contribution in [3.8, 4) is 11.1 Å². The summed E-state index contributed by atoms with van der Waals surface area (Å²) in [7, 11) is -6.99. The fraction of sp³-hybridized carbons (Fsp3) is 0. The normalized spacial score (nSPS) is 12.0. The van der Waals surface area contributed by atoms with Gasteiger partial charge < -0.3 is 9.13 Å². The van der Waals surface area contributed by atoms with E-state index in [4.69, 9.17) is 9.97 Å². The molecule has 0 aliphatic carbocycles. The van der Waals surface area contributed by atoms with Crippen molar-refractivity contribution in [1.82, 2.24) is 9.97 Å². The quantitative estimate of drug-likeness (QED) is 0.0944. The Morgan fingerprint density at radius 3 is 1.17 bits per heavy atom. The second-order valence-corrected chi connectivity index (χ2v) is 18.4. The zero-order valence-corrected chi connectivity index (χ0v) is 29.9. The third-order valence-electron chi connectivity index (χ3n) is 9.77. The van der Waals surface area contributed by atoms with E-state index in [1.54, 1.807) is 0 Å². The summed E-state index contributed by atoms with van der Waals surface area (Å²) >= 11 is 0. The lowest BCUT2D eigenvalue weighted by molar-refractivity contribution is 0.592. The van der Waals surface area contributed by atoms with E-state index in [1.807, 2.05) is 176 Å². The van der Waals surface area contributed by atoms with Gasteiger partial charge in [-0.15, -0.1) is 0 Å². The van der Waals surface area contributed by atoms with Crippen LogP contribution in [0.2, 0.25) is 0 Å². The van der Waals surface area contributed by atoms with Gasteiger partial charge in [-0.3, -0.25) is 0 Å². The van der Waals surface area contributed by atoms with Gasteiger partial charge in [0.15, 0.2) is 14.3 Å². The van der Waals surface area contributed by atoms with Crippen molar-refractivity contribution in [2.45, 2.75) is 0 Å². The third kappa shape index (κ3) is 5.31. The van der Waals surface area contributed by atoms with Crippen molar-refractivity contribution >= 4 is 79.0 Å². The highest BCUT2D eigenvalue weighted by molar-refractivity contribution is 7.86. The van der Waals surface area contributed by atoms with Gasteiger partial charge in [0.1, 0.15) is 0 Å². The van der Waals surface area contributed by atoms with Gasteiger partial charge >= 0.3 is 0 Å². The number of hydrogen-bond donors (Lipinski definition) is 0. The summed E-state index contributed by atoms with van der Waals surface area (Å²) in [6.45, 7) is 0. The van der Waals surface area contributed by atoms with Crippen LogP contribution in [0.5, 0.6) is 0 Å². The molecule has 1 heterocycles. The Kier molecular flexibility index (Phi) is 8.01. The zero-order chi connectivity index (χ0) is 35.1. The number of benzene rings is 8. The molecule has 0 spiro atoms. The molecule has 0 aliphatic heterocycles. The minimum Gasteiger partial charge on any atom is -0.309 e. The fourth-order valence-electron chi connectivity index (χ4n) is 7.25. The molecule has 0 aliphatic rings. The molecule has 0 atom stereocenters. The first-order valence-corrected chi connectivity index (χ1v) is 20.6. The van der Waals surface area contributed by atoms with Crippen molar-refractivity contribution in [1.29, 1.82) is 0 Å². The van der Waals surface area contributed by atoms with Crippen molar-refractivity contribution in [2.75, 3.05) is 0 Å². The Bertz CT molecular complexity index is 2640.